The van der Waals surface area contributed by atoms with Crippen LogP contribution in [-0.2, 0) is 0 Å². The first kappa shape index (κ1) is 18.6. The molecule has 1 aliphatic heterocycles. The molecule has 138 valence electrons. The Labute approximate surface area is 157 Å². The van der Waals surface area contributed by atoms with Gasteiger partial charge in [0.1, 0.15) is 5.75 Å². The van der Waals surface area contributed by atoms with Crippen molar-refractivity contribution in [3.63, 3.8) is 0 Å². The first-order valence-electron chi connectivity index (χ1n) is 8.56. The molecule has 0 saturated carbocycles. The number of piperazine rings is 1. The molecule has 0 radical (unpaired) electrons. The van der Waals surface area contributed by atoms with Gasteiger partial charge in [-0.05, 0) is 42.5 Å². The van der Waals surface area contributed by atoms with Crippen LogP contribution in [0.15, 0.2) is 42.5 Å². The Morgan fingerprint density at radius 1 is 1.19 bits per heavy atom. The van der Waals surface area contributed by atoms with Crippen LogP contribution in [-0.4, -0.2) is 50.1 Å². The summed E-state index contributed by atoms with van der Waals surface area (Å²) in [5, 5.41) is 6.68. The lowest BCUT2D eigenvalue weighted by atomic mass is 10.2. The first-order valence-corrected chi connectivity index (χ1v) is 8.94. The molecule has 0 spiro atoms. The zero-order valence-electron chi connectivity index (χ0n) is 14.3. The number of amides is 1. The smallest absolute Gasteiger partial charge is 0.251 e. The average Bonchev–Trinajstić information content (AvgIpc) is 2.66. The minimum atomic E-state index is -0.588. The van der Waals surface area contributed by atoms with E-state index in [2.05, 4.69) is 15.5 Å². The Morgan fingerprint density at radius 2 is 1.92 bits per heavy atom. The van der Waals surface area contributed by atoms with Gasteiger partial charge in [0.05, 0.1) is 0 Å². The minimum absolute atomic E-state index is 0.0599. The molecule has 2 aromatic rings. The van der Waals surface area contributed by atoms with E-state index in [1.54, 1.807) is 30.3 Å². The lowest BCUT2D eigenvalue weighted by molar-refractivity contribution is 0.0947. The average molecular weight is 378 g/mol. The highest BCUT2D eigenvalue weighted by molar-refractivity contribution is 6.30. The topological polar surface area (TPSA) is 53.6 Å². The number of hydrogen-bond acceptors (Lipinski definition) is 4. The van der Waals surface area contributed by atoms with Gasteiger partial charge in [0, 0.05) is 49.9 Å². The summed E-state index contributed by atoms with van der Waals surface area (Å²) in [4.78, 5) is 14.5. The molecule has 26 heavy (non-hydrogen) atoms. The Kier molecular flexibility index (Phi) is 6.44. The molecule has 3 rings (SSSR count). The van der Waals surface area contributed by atoms with Crippen molar-refractivity contribution >= 4 is 17.5 Å². The Bertz CT molecular complexity index is 749. The maximum absolute atomic E-state index is 14.2. The predicted molar refractivity (Wildman–Crippen MR) is 99.6 cm³/mol. The van der Waals surface area contributed by atoms with E-state index in [1.165, 1.54) is 12.1 Å². The van der Waals surface area contributed by atoms with Crippen LogP contribution in [0.5, 0.6) is 11.5 Å². The molecule has 0 atom stereocenters. The van der Waals surface area contributed by atoms with Gasteiger partial charge in [-0.3, -0.25) is 9.69 Å². The number of carbonyl (C=O) groups is 1. The normalized spacial score (nSPS) is 14.8. The first-order chi connectivity index (χ1) is 12.6. The van der Waals surface area contributed by atoms with Crippen LogP contribution in [0.4, 0.5) is 4.39 Å². The number of carbonyl (C=O) groups excluding carboxylic acids is 1. The summed E-state index contributed by atoms with van der Waals surface area (Å²) in [6.07, 6.45) is 0. The molecule has 7 heteroatoms. The number of rotatable bonds is 6. The van der Waals surface area contributed by atoms with Crippen molar-refractivity contribution in [2.75, 3.05) is 39.3 Å². The van der Waals surface area contributed by atoms with Crippen molar-refractivity contribution in [3.8, 4) is 11.5 Å². The lowest BCUT2D eigenvalue weighted by Gasteiger charge is -2.27. The van der Waals surface area contributed by atoms with E-state index in [-0.39, 0.29) is 17.2 Å². The molecule has 5 nitrogen and oxygen atoms in total. The summed E-state index contributed by atoms with van der Waals surface area (Å²) in [5.41, 5.74) is 0.270. The van der Waals surface area contributed by atoms with Gasteiger partial charge in [0.25, 0.3) is 5.91 Å². The van der Waals surface area contributed by atoms with Crippen LogP contribution in [0.1, 0.15) is 10.4 Å². The standard InChI is InChI=1S/C19H21ClFN3O2/c20-15-2-4-16(5-3-15)26-18-6-1-14(13-17(18)21)19(25)23-9-12-24-10-7-22-8-11-24/h1-6,13,22H,7-12H2,(H,23,25). The molecule has 0 aliphatic carbocycles. The summed E-state index contributed by atoms with van der Waals surface area (Å²) in [6.45, 7) is 5.20. The minimum Gasteiger partial charge on any atom is -0.454 e. The fraction of sp³-hybridized carbons (Fsp3) is 0.316. The highest BCUT2D eigenvalue weighted by atomic mass is 35.5. The second-order valence-corrected chi connectivity index (χ2v) is 6.49. The molecule has 0 unspecified atom stereocenters. The predicted octanol–water partition coefficient (Wildman–Crippen LogP) is 2.91. The summed E-state index contributed by atoms with van der Waals surface area (Å²) < 4.78 is 19.7. The molecule has 2 N–H and O–H groups in total. The molecule has 0 aromatic heterocycles. The quantitative estimate of drug-likeness (QED) is 0.812. The summed E-state index contributed by atoms with van der Waals surface area (Å²) in [7, 11) is 0. The van der Waals surface area contributed by atoms with E-state index in [0.717, 1.165) is 32.7 Å². The fourth-order valence-corrected chi connectivity index (χ4v) is 2.84. The van der Waals surface area contributed by atoms with Gasteiger partial charge in [-0.25, -0.2) is 4.39 Å². The van der Waals surface area contributed by atoms with Crippen molar-refractivity contribution in [3.05, 3.63) is 58.9 Å². The Morgan fingerprint density at radius 3 is 2.62 bits per heavy atom. The third kappa shape index (κ3) is 5.17. The van der Waals surface area contributed by atoms with E-state index < -0.39 is 5.82 Å². The van der Waals surface area contributed by atoms with E-state index in [0.29, 0.717) is 17.3 Å². The summed E-state index contributed by atoms with van der Waals surface area (Å²) in [6, 6.07) is 10.8. The molecular weight excluding hydrogens is 357 g/mol. The van der Waals surface area contributed by atoms with Gasteiger partial charge in [0.2, 0.25) is 0 Å². The van der Waals surface area contributed by atoms with E-state index in [4.69, 9.17) is 16.3 Å². The van der Waals surface area contributed by atoms with Crippen molar-refractivity contribution in [1.82, 2.24) is 15.5 Å². The van der Waals surface area contributed by atoms with Gasteiger partial charge in [-0.2, -0.15) is 0 Å². The monoisotopic (exact) mass is 377 g/mol. The number of nitrogens with zero attached hydrogens (tertiary/aromatic N) is 1. The third-order valence-electron chi connectivity index (χ3n) is 4.16. The number of nitrogens with one attached hydrogen (secondary N) is 2. The number of benzene rings is 2. The lowest BCUT2D eigenvalue weighted by Crippen LogP contribution is -2.46. The zero-order chi connectivity index (χ0) is 18.4. The van der Waals surface area contributed by atoms with Gasteiger partial charge >= 0.3 is 0 Å². The highest BCUT2D eigenvalue weighted by Crippen LogP contribution is 2.26. The molecule has 0 bridgehead atoms. The molecule has 2 aromatic carbocycles. The fourth-order valence-electron chi connectivity index (χ4n) is 2.72. The molecule has 1 fully saturated rings. The molecular formula is C19H21ClFN3O2. The van der Waals surface area contributed by atoms with E-state index >= 15 is 0 Å². The van der Waals surface area contributed by atoms with E-state index in [9.17, 15) is 9.18 Å². The van der Waals surface area contributed by atoms with Crippen molar-refractivity contribution in [1.29, 1.82) is 0 Å². The van der Waals surface area contributed by atoms with Crippen molar-refractivity contribution < 1.29 is 13.9 Å². The maximum Gasteiger partial charge on any atom is 0.251 e. The third-order valence-corrected chi connectivity index (χ3v) is 4.41. The molecule has 1 amide bonds. The van der Waals surface area contributed by atoms with Crippen LogP contribution in [0.25, 0.3) is 0 Å². The SMILES string of the molecule is O=C(NCCN1CCNCC1)c1ccc(Oc2ccc(Cl)cc2)c(F)c1. The van der Waals surface area contributed by atoms with Gasteiger partial charge in [-0.1, -0.05) is 11.6 Å². The second kappa shape index (κ2) is 8.98. The molecule has 1 aliphatic rings. The van der Waals surface area contributed by atoms with E-state index in [1.807, 2.05) is 0 Å². The van der Waals surface area contributed by atoms with Crippen LogP contribution in [0.3, 0.4) is 0 Å². The molecule has 1 heterocycles. The van der Waals surface area contributed by atoms with Gasteiger partial charge in [-0.15, -0.1) is 0 Å². The summed E-state index contributed by atoms with van der Waals surface area (Å²) >= 11 is 5.81. The van der Waals surface area contributed by atoms with Gasteiger partial charge in [0.15, 0.2) is 11.6 Å². The number of ether oxygens (including phenoxy) is 1. The summed E-state index contributed by atoms with van der Waals surface area (Å²) in [5.74, 6) is -0.349. The van der Waals surface area contributed by atoms with Crippen LogP contribution < -0.4 is 15.4 Å². The second-order valence-electron chi connectivity index (χ2n) is 6.05. The number of hydrogen-bond donors (Lipinski definition) is 2. The van der Waals surface area contributed by atoms with Crippen molar-refractivity contribution in [2.24, 2.45) is 0 Å². The zero-order valence-corrected chi connectivity index (χ0v) is 15.1. The largest absolute Gasteiger partial charge is 0.454 e. The van der Waals surface area contributed by atoms with Crippen molar-refractivity contribution in [2.45, 2.75) is 0 Å². The Balaban J connectivity index is 1.54. The Hall–Kier alpha value is -2.15. The maximum atomic E-state index is 14.2. The van der Waals surface area contributed by atoms with Crippen LogP contribution in [0.2, 0.25) is 5.02 Å². The van der Waals surface area contributed by atoms with Gasteiger partial charge < -0.3 is 15.4 Å². The molecule has 1 saturated heterocycles. The number of halogens is 2. The van der Waals surface area contributed by atoms with Crippen LogP contribution >= 0.6 is 11.6 Å². The highest BCUT2D eigenvalue weighted by Gasteiger charge is 2.13. The van der Waals surface area contributed by atoms with Crippen LogP contribution in [0, 0.1) is 5.82 Å².